The zero-order valence-corrected chi connectivity index (χ0v) is 12.3. The fraction of sp³-hybridized carbons (Fsp3) is 0.125. The smallest absolute Gasteiger partial charge is 0.341 e. The topological polar surface area (TPSA) is 81.9 Å². The molecule has 3 aromatic rings. The van der Waals surface area contributed by atoms with Gasteiger partial charge in [0.2, 0.25) is 5.95 Å². The average molecular weight is 309 g/mol. The largest absolute Gasteiger partial charge is 0.460 e. The molecular weight excluding hydrogens is 294 g/mol. The van der Waals surface area contributed by atoms with E-state index >= 15 is 0 Å². The molecule has 0 spiro atoms. The van der Waals surface area contributed by atoms with Gasteiger partial charge in [-0.2, -0.15) is 5.10 Å². The van der Waals surface area contributed by atoms with Crippen molar-refractivity contribution in [3.05, 3.63) is 66.7 Å². The van der Waals surface area contributed by atoms with E-state index < -0.39 is 5.97 Å². The van der Waals surface area contributed by atoms with Crippen LogP contribution in [0.25, 0.3) is 5.69 Å². The van der Waals surface area contributed by atoms with Crippen molar-refractivity contribution in [2.24, 2.45) is 0 Å². The maximum Gasteiger partial charge on any atom is 0.341 e. The van der Waals surface area contributed by atoms with E-state index in [0.717, 1.165) is 5.69 Å². The van der Waals surface area contributed by atoms with Crippen LogP contribution in [0.5, 0.6) is 0 Å². The van der Waals surface area contributed by atoms with Crippen LogP contribution in [0.2, 0.25) is 0 Å². The van der Waals surface area contributed by atoms with Gasteiger partial charge in [0.15, 0.2) is 0 Å². The summed E-state index contributed by atoms with van der Waals surface area (Å²) in [5.41, 5.74) is 1.29. The predicted molar refractivity (Wildman–Crippen MR) is 84.4 cm³/mol. The zero-order valence-electron chi connectivity index (χ0n) is 12.3. The average Bonchev–Trinajstić information content (AvgIpc) is 3.10. The van der Waals surface area contributed by atoms with Gasteiger partial charge in [0, 0.05) is 18.6 Å². The van der Waals surface area contributed by atoms with Gasteiger partial charge in [0.05, 0.1) is 24.0 Å². The van der Waals surface area contributed by atoms with Crippen molar-refractivity contribution in [3.63, 3.8) is 0 Å². The predicted octanol–water partition coefficient (Wildman–Crippen LogP) is 1.93. The molecule has 0 aliphatic carbocycles. The third kappa shape index (κ3) is 3.91. The summed E-state index contributed by atoms with van der Waals surface area (Å²) < 4.78 is 6.82. The van der Waals surface area contributed by atoms with Crippen LogP contribution in [0.15, 0.2) is 61.2 Å². The number of nitrogens with zero attached hydrogens (tertiary/aromatic N) is 4. The van der Waals surface area contributed by atoms with Gasteiger partial charge in [-0.05, 0) is 18.2 Å². The Morgan fingerprint density at radius 2 is 1.91 bits per heavy atom. The van der Waals surface area contributed by atoms with E-state index in [9.17, 15) is 4.79 Å². The third-order valence-electron chi connectivity index (χ3n) is 3.02. The summed E-state index contributed by atoms with van der Waals surface area (Å²) in [6.45, 7) is 0.649. The van der Waals surface area contributed by atoms with Crippen molar-refractivity contribution in [2.75, 3.05) is 18.5 Å². The molecule has 3 rings (SSSR count). The quantitative estimate of drug-likeness (QED) is 0.553. The molecule has 0 fully saturated rings. The Balaban J connectivity index is 1.50. The third-order valence-corrected chi connectivity index (χ3v) is 3.02. The number of nitrogens with one attached hydrogen (secondary N) is 1. The monoisotopic (exact) mass is 309 g/mol. The normalized spacial score (nSPS) is 10.3. The number of hydrogen-bond acceptors (Lipinski definition) is 6. The molecule has 0 aliphatic rings. The lowest BCUT2D eigenvalue weighted by Crippen LogP contribution is -2.14. The van der Waals surface area contributed by atoms with Crippen LogP contribution in [0.1, 0.15) is 10.4 Å². The SMILES string of the molecule is O=C(OCCNc1ncccn1)c1cnn(-c2ccccc2)c1. The molecule has 0 saturated heterocycles. The van der Waals surface area contributed by atoms with Crippen molar-refractivity contribution in [1.29, 1.82) is 0 Å². The van der Waals surface area contributed by atoms with Crippen LogP contribution in [-0.4, -0.2) is 38.9 Å². The van der Waals surface area contributed by atoms with Crippen molar-refractivity contribution in [3.8, 4) is 5.69 Å². The number of carbonyl (C=O) groups excluding carboxylic acids is 1. The van der Waals surface area contributed by atoms with E-state index in [2.05, 4.69) is 20.4 Å². The van der Waals surface area contributed by atoms with Gasteiger partial charge in [0.25, 0.3) is 0 Å². The van der Waals surface area contributed by atoms with Crippen molar-refractivity contribution < 1.29 is 9.53 Å². The Bertz CT molecular complexity index is 758. The summed E-state index contributed by atoms with van der Waals surface area (Å²) in [6, 6.07) is 11.3. The summed E-state index contributed by atoms with van der Waals surface area (Å²) in [5.74, 6) is 0.0865. The molecule has 0 unspecified atom stereocenters. The highest BCUT2D eigenvalue weighted by atomic mass is 16.5. The molecule has 7 nitrogen and oxygen atoms in total. The van der Waals surface area contributed by atoms with Crippen LogP contribution in [0.4, 0.5) is 5.95 Å². The van der Waals surface area contributed by atoms with Crippen LogP contribution in [0, 0.1) is 0 Å². The second-order valence-electron chi connectivity index (χ2n) is 4.64. The molecule has 7 heteroatoms. The van der Waals surface area contributed by atoms with Crippen molar-refractivity contribution in [2.45, 2.75) is 0 Å². The van der Waals surface area contributed by atoms with E-state index in [1.165, 1.54) is 6.20 Å². The minimum atomic E-state index is -0.414. The molecule has 23 heavy (non-hydrogen) atoms. The first-order valence-electron chi connectivity index (χ1n) is 7.11. The highest BCUT2D eigenvalue weighted by molar-refractivity contribution is 5.88. The van der Waals surface area contributed by atoms with E-state index in [4.69, 9.17) is 4.74 Å². The van der Waals surface area contributed by atoms with E-state index in [0.29, 0.717) is 18.1 Å². The van der Waals surface area contributed by atoms with Gasteiger partial charge in [-0.25, -0.2) is 19.4 Å². The van der Waals surface area contributed by atoms with Crippen LogP contribution >= 0.6 is 0 Å². The number of para-hydroxylation sites is 1. The molecule has 0 amide bonds. The molecule has 2 heterocycles. The number of benzene rings is 1. The lowest BCUT2D eigenvalue weighted by molar-refractivity contribution is 0.0520. The lowest BCUT2D eigenvalue weighted by atomic mass is 10.3. The Hall–Kier alpha value is -3.22. The fourth-order valence-corrected chi connectivity index (χ4v) is 1.93. The molecule has 0 atom stereocenters. The lowest BCUT2D eigenvalue weighted by Gasteiger charge is -2.05. The molecule has 116 valence electrons. The minimum Gasteiger partial charge on any atom is -0.460 e. The van der Waals surface area contributed by atoms with Crippen LogP contribution in [-0.2, 0) is 4.74 Å². The maximum absolute atomic E-state index is 12.0. The van der Waals surface area contributed by atoms with Crippen LogP contribution in [0.3, 0.4) is 0 Å². The van der Waals surface area contributed by atoms with E-state index in [-0.39, 0.29) is 6.61 Å². The highest BCUT2D eigenvalue weighted by Crippen LogP contribution is 2.08. The number of aromatic nitrogens is 4. The summed E-state index contributed by atoms with van der Waals surface area (Å²) in [7, 11) is 0. The molecular formula is C16H15N5O2. The standard InChI is InChI=1S/C16H15N5O2/c22-15(23-10-9-19-16-17-7-4-8-18-16)13-11-20-21(12-13)14-5-2-1-3-6-14/h1-8,11-12H,9-10H2,(H,17,18,19). The molecule has 1 aromatic carbocycles. The second-order valence-corrected chi connectivity index (χ2v) is 4.64. The van der Waals surface area contributed by atoms with Gasteiger partial charge < -0.3 is 10.1 Å². The molecule has 2 aromatic heterocycles. The fourth-order valence-electron chi connectivity index (χ4n) is 1.93. The number of ether oxygens (including phenoxy) is 1. The summed E-state index contributed by atoms with van der Waals surface area (Å²) >= 11 is 0. The summed E-state index contributed by atoms with van der Waals surface area (Å²) in [4.78, 5) is 20.0. The second kappa shape index (κ2) is 7.17. The van der Waals surface area contributed by atoms with Gasteiger partial charge in [-0.15, -0.1) is 0 Å². The van der Waals surface area contributed by atoms with Gasteiger partial charge in [-0.3, -0.25) is 0 Å². The first-order valence-corrected chi connectivity index (χ1v) is 7.11. The van der Waals surface area contributed by atoms with Gasteiger partial charge in [-0.1, -0.05) is 18.2 Å². The molecule has 0 bridgehead atoms. The molecule has 1 N–H and O–H groups in total. The molecule has 0 radical (unpaired) electrons. The zero-order chi connectivity index (χ0) is 15.9. The Labute approximate surface area is 133 Å². The molecule has 0 aliphatic heterocycles. The first kappa shape index (κ1) is 14.7. The highest BCUT2D eigenvalue weighted by Gasteiger charge is 2.10. The Morgan fingerprint density at radius 3 is 2.70 bits per heavy atom. The Morgan fingerprint density at radius 1 is 1.13 bits per heavy atom. The summed E-state index contributed by atoms with van der Waals surface area (Å²) in [5, 5.41) is 7.13. The Kier molecular flexibility index (Phi) is 4.58. The number of hydrogen-bond donors (Lipinski definition) is 1. The maximum atomic E-state index is 12.0. The summed E-state index contributed by atoms with van der Waals surface area (Å²) in [6.07, 6.45) is 6.41. The number of anilines is 1. The van der Waals surface area contributed by atoms with E-state index in [1.54, 1.807) is 29.3 Å². The first-order chi connectivity index (χ1) is 11.3. The van der Waals surface area contributed by atoms with Crippen LogP contribution < -0.4 is 5.32 Å². The number of carbonyl (C=O) groups is 1. The number of esters is 1. The minimum absolute atomic E-state index is 0.216. The van der Waals surface area contributed by atoms with Crippen molar-refractivity contribution >= 4 is 11.9 Å². The molecule has 0 saturated carbocycles. The van der Waals surface area contributed by atoms with Gasteiger partial charge >= 0.3 is 5.97 Å². The number of rotatable bonds is 6. The van der Waals surface area contributed by atoms with E-state index in [1.807, 2.05) is 30.3 Å². The van der Waals surface area contributed by atoms with Crippen molar-refractivity contribution in [1.82, 2.24) is 19.7 Å². The van der Waals surface area contributed by atoms with Gasteiger partial charge in [0.1, 0.15) is 6.61 Å².